The predicted octanol–water partition coefficient (Wildman–Crippen LogP) is 1.91. The first-order valence-electron chi connectivity index (χ1n) is 6.20. The molecule has 4 nitrogen and oxygen atoms in total. The molecule has 2 unspecified atom stereocenters. The Balaban J connectivity index is 1.79. The highest BCUT2D eigenvalue weighted by molar-refractivity contribution is 9.10. The minimum absolute atomic E-state index is 0.688. The molecular formula is C12H17BrN4. The van der Waals surface area contributed by atoms with Crippen LogP contribution in [0.15, 0.2) is 16.7 Å². The summed E-state index contributed by atoms with van der Waals surface area (Å²) in [6.07, 6.45) is 4.00. The number of hydrogen-bond acceptors (Lipinski definition) is 4. The molecule has 2 bridgehead atoms. The maximum atomic E-state index is 4.26. The summed E-state index contributed by atoms with van der Waals surface area (Å²) >= 11 is 3.33. The van der Waals surface area contributed by atoms with Crippen LogP contribution in [0.25, 0.3) is 0 Å². The minimum Gasteiger partial charge on any atom is -0.352 e. The van der Waals surface area contributed by atoms with E-state index in [4.69, 9.17) is 0 Å². The van der Waals surface area contributed by atoms with Crippen LogP contribution in [0.5, 0.6) is 0 Å². The fourth-order valence-electron chi connectivity index (χ4n) is 2.98. The number of halogens is 1. The third-order valence-corrected chi connectivity index (χ3v) is 4.45. The van der Waals surface area contributed by atoms with Gasteiger partial charge in [-0.15, -0.1) is 10.2 Å². The van der Waals surface area contributed by atoms with Crippen molar-refractivity contribution >= 4 is 21.7 Å². The van der Waals surface area contributed by atoms with Crippen molar-refractivity contribution < 1.29 is 0 Å². The molecule has 0 N–H and O–H groups in total. The maximum Gasteiger partial charge on any atom is 0.151 e. The van der Waals surface area contributed by atoms with Gasteiger partial charge in [0.2, 0.25) is 0 Å². The first-order chi connectivity index (χ1) is 8.24. The molecule has 2 aliphatic rings. The lowest BCUT2D eigenvalue weighted by molar-refractivity contribution is 0.0946. The van der Waals surface area contributed by atoms with Crippen molar-refractivity contribution in [3.05, 3.63) is 16.7 Å². The van der Waals surface area contributed by atoms with Gasteiger partial charge in [-0.25, -0.2) is 0 Å². The quantitative estimate of drug-likeness (QED) is 0.792. The second-order valence-electron chi connectivity index (χ2n) is 5.02. The van der Waals surface area contributed by atoms with Crippen molar-refractivity contribution in [3.8, 4) is 0 Å². The smallest absolute Gasteiger partial charge is 0.151 e. The van der Waals surface area contributed by atoms with Gasteiger partial charge in [0.15, 0.2) is 5.82 Å². The first-order valence-corrected chi connectivity index (χ1v) is 6.99. The molecule has 1 aromatic rings. The number of rotatable bonds is 1. The van der Waals surface area contributed by atoms with Crippen LogP contribution in [-0.4, -0.2) is 47.3 Å². The lowest BCUT2D eigenvalue weighted by atomic mass is 9.92. The van der Waals surface area contributed by atoms with E-state index in [2.05, 4.69) is 49.0 Å². The summed E-state index contributed by atoms with van der Waals surface area (Å²) in [6, 6.07) is 5.40. The lowest BCUT2D eigenvalue weighted by Gasteiger charge is -2.48. The van der Waals surface area contributed by atoms with Crippen molar-refractivity contribution in [1.82, 2.24) is 15.1 Å². The average molecular weight is 297 g/mol. The zero-order valence-corrected chi connectivity index (χ0v) is 11.6. The van der Waals surface area contributed by atoms with Crippen molar-refractivity contribution in [1.29, 1.82) is 0 Å². The summed E-state index contributed by atoms with van der Waals surface area (Å²) in [5, 5.41) is 8.34. The second-order valence-corrected chi connectivity index (χ2v) is 5.84. The topological polar surface area (TPSA) is 32.3 Å². The minimum atomic E-state index is 0.688. The van der Waals surface area contributed by atoms with Crippen LogP contribution in [0, 0.1) is 0 Å². The highest BCUT2D eigenvalue weighted by atomic mass is 79.9. The molecule has 17 heavy (non-hydrogen) atoms. The van der Waals surface area contributed by atoms with Crippen molar-refractivity contribution in [2.45, 2.75) is 31.3 Å². The maximum absolute atomic E-state index is 4.26. The van der Waals surface area contributed by atoms with Gasteiger partial charge in [0, 0.05) is 25.2 Å². The molecule has 0 spiro atoms. The molecule has 2 atom stereocenters. The van der Waals surface area contributed by atoms with E-state index in [0.29, 0.717) is 12.1 Å². The van der Waals surface area contributed by atoms with E-state index in [1.807, 2.05) is 6.07 Å². The van der Waals surface area contributed by atoms with Gasteiger partial charge in [-0.1, -0.05) is 6.42 Å². The average Bonchev–Trinajstić information content (AvgIpc) is 2.30. The van der Waals surface area contributed by atoms with Gasteiger partial charge in [0.1, 0.15) is 4.60 Å². The van der Waals surface area contributed by atoms with E-state index in [1.165, 1.54) is 19.3 Å². The molecule has 2 aliphatic heterocycles. The zero-order valence-electron chi connectivity index (χ0n) is 10.0. The second kappa shape index (κ2) is 4.53. The highest BCUT2D eigenvalue weighted by Gasteiger charge is 2.35. The van der Waals surface area contributed by atoms with Gasteiger partial charge in [-0.05, 0) is 48.0 Å². The Kier molecular flexibility index (Phi) is 3.04. The van der Waals surface area contributed by atoms with Gasteiger partial charge in [-0.2, -0.15) is 0 Å². The van der Waals surface area contributed by atoms with Crippen molar-refractivity contribution in [2.24, 2.45) is 0 Å². The number of likely N-dealkylation sites (N-methyl/N-ethyl adjacent to an activating group) is 1. The summed E-state index contributed by atoms with van der Waals surface area (Å²) in [5.74, 6) is 1.01. The van der Waals surface area contributed by atoms with E-state index in [1.54, 1.807) is 0 Å². The van der Waals surface area contributed by atoms with E-state index in [9.17, 15) is 0 Å². The number of nitrogens with zero attached hydrogens (tertiary/aromatic N) is 4. The summed E-state index contributed by atoms with van der Waals surface area (Å²) in [7, 11) is 2.26. The number of anilines is 1. The van der Waals surface area contributed by atoms with E-state index >= 15 is 0 Å². The third kappa shape index (κ3) is 2.18. The summed E-state index contributed by atoms with van der Waals surface area (Å²) in [4.78, 5) is 4.93. The SMILES string of the molecule is CN1C2CCCC1CN(c1ccc(Br)nn1)C2. The molecule has 0 saturated carbocycles. The molecule has 3 rings (SSSR count). The summed E-state index contributed by atoms with van der Waals surface area (Å²) < 4.78 is 0.801. The number of hydrogen-bond donors (Lipinski definition) is 0. The van der Waals surface area contributed by atoms with Gasteiger partial charge < -0.3 is 4.90 Å². The number of piperazine rings is 1. The number of fused-ring (bicyclic) bond motifs is 2. The van der Waals surface area contributed by atoms with Crippen molar-refractivity contribution in [3.63, 3.8) is 0 Å². The molecular weight excluding hydrogens is 280 g/mol. The fourth-order valence-corrected chi connectivity index (χ4v) is 3.19. The Morgan fingerprint density at radius 3 is 2.47 bits per heavy atom. The van der Waals surface area contributed by atoms with Crippen LogP contribution in [0.4, 0.5) is 5.82 Å². The van der Waals surface area contributed by atoms with Gasteiger partial charge in [0.25, 0.3) is 0 Å². The molecule has 0 radical (unpaired) electrons. The van der Waals surface area contributed by atoms with Crippen molar-refractivity contribution in [2.75, 3.05) is 25.0 Å². The van der Waals surface area contributed by atoms with E-state index in [0.717, 1.165) is 23.5 Å². The Hall–Kier alpha value is -0.680. The van der Waals surface area contributed by atoms with Crippen LogP contribution in [-0.2, 0) is 0 Å². The van der Waals surface area contributed by atoms with E-state index < -0.39 is 0 Å². The normalized spacial score (nSPS) is 29.4. The molecule has 5 heteroatoms. The fraction of sp³-hybridized carbons (Fsp3) is 0.667. The van der Waals surface area contributed by atoms with Gasteiger partial charge >= 0.3 is 0 Å². The molecule has 2 saturated heterocycles. The molecule has 0 aliphatic carbocycles. The largest absolute Gasteiger partial charge is 0.352 e. The molecule has 92 valence electrons. The van der Waals surface area contributed by atoms with Crippen LogP contribution in [0.1, 0.15) is 19.3 Å². The number of piperidine rings is 1. The molecule has 3 heterocycles. The van der Waals surface area contributed by atoms with Crippen LogP contribution in [0.2, 0.25) is 0 Å². The highest BCUT2D eigenvalue weighted by Crippen LogP contribution is 2.29. The molecule has 0 amide bonds. The van der Waals surface area contributed by atoms with Crippen LogP contribution >= 0.6 is 15.9 Å². The summed E-state index contributed by atoms with van der Waals surface area (Å²) in [6.45, 7) is 2.17. The van der Waals surface area contributed by atoms with Crippen LogP contribution in [0.3, 0.4) is 0 Å². The van der Waals surface area contributed by atoms with E-state index in [-0.39, 0.29) is 0 Å². The lowest BCUT2D eigenvalue weighted by Crippen LogP contribution is -2.59. The van der Waals surface area contributed by atoms with Gasteiger partial charge in [-0.3, -0.25) is 4.90 Å². The molecule has 1 aromatic heterocycles. The molecule has 0 aromatic carbocycles. The Morgan fingerprint density at radius 2 is 1.88 bits per heavy atom. The van der Waals surface area contributed by atoms with Gasteiger partial charge in [0.05, 0.1) is 0 Å². The standard InChI is InChI=1S/C12H17BrN4/c1-16-9-3-2-4-10(16)8-17(7-9)12-6-5-11(13)14-15-12/h5-6,9-10H,2-4,7-8H2,1H3. The van der Waals surface area contributed by atoms with Crippen LogP contribution < -0.4 is 4.90 Å². The zero-order chi connectivity index (χ0) is 11.8. The first kappa shape index (κ1) is 11.4. The third-order valence-electron chi connectivity index (χ3n) is 4.03. The predicted molar refractivity (Wildman–Crippen MR) is 71.1 cm³/mol. The summed E-state index contributed by atoms with van der Waals surface area (Å²) in [5.41, 5.74) is 0. The molecule has 2 fully saturated rings. The Morgan fingerprint density at radius 1 is 1.18 bits per heavy atom. The Bertz CT molecular complexity index is 380. The Labute approximate surface area is 110 Å². The number of aromatic nitrogens is 2. The monoisotopic (exact) mass is 296 g/mol.